The highest BCUT2D eigenvalue weighted by Gasteiger charge is 2.18. The van der Waals surface area contributed by atoms with Crippen LogP contribution in [-0.2, 0) is 13.5 Å². The minimum absolute atomic E-state index is 0.267. The monoisotopic (exact) mass is 303 g/mol. The molecule has 0 radical (unpaired) electrons. The molecule has 112 valence electrons. The minimum Gasteiger partial charge on any atom is -0.309 e. The van der Waals surface area contributed by atoms with E-state index in [-0.39, 0.29) is 6.04 Å². The molecule has 21 heavy (non-hydrogen) atoms. The molecule has 0 aromatic carbocycles. The molecule has 3 heterocycles. The number of hydrogen-bond acceptors (Lipinski definition) is 4. The molecule has 0 amide bonds. The summed E-state index contributed by atoms with van der Waals surface area (Å²) in [5, 5.41) is 10.2. The van der Waals surface area contributed by atoms with Gasteiger partial charge in [-0.3, -0.25) is 9.08 Å². The van der Waals surface area contributed by atoms with Crippen LogP contribution in [0.3, 0.4) is 0 Å². The van der Waals surface area contributed by atoms with Gasteiger partial charge in [0.15, 0.2) is 4.96 Å². The summed E-state index contributed by atoms with van der Waals surface area (Å²) in [5.74, 6) is 0. The van der Waals surface area contributed by atoms with Crippen LogP contribution in [0.15, 0.2) is 24.0 Å². The molecule has 1 unspecified atom stereocenters. The zero-order chi connectivity index (χ0) is 14.8. The number of thiazole rings is 1. The van der Waals surface area contributed by atoms with E-state index in [4.69, 9.17) is 4.98 Å². The number of rotatable bonds is 6. The first-order chi connectivity index (χ1) is 10.2. The molecule has 3 rings (SSSR count). The number of aromatic nitrogens is 4. The number of aryl methyl sites for hydroxylation is 2. The molecule has 0 aliphatic heterocycles. The van der Waals surface area contributed by atoms with E-state index in [0.29, 0.717) is 0 Å². The van der Waals surface area contributed by atoms with Gasteiger partial charge < -0.3 is 5.32 Å². The van der Waals surface area contributed by atoms with E-state index in [2.05, 4.69) is 52.6 Å². The molecular weight excluding hydrogens is 282 g/mol. The van der Waals surface area contributed by atoms with Gasteiger partial charge in [-0.15, -0.1) is 11.3 Å². The smallest absolute Gasteiger partial charge is 0.193 e. The van der Waals surface area contributed by atoms with Gasteiger partial charge in [-0.25, -0.2) is 4.98 Å². The fourth-order valence-electron chi connectivity index (χ4n) is 2.65. The summed E-state index contributed by atoms with van der Waals surface area (Å²) >= 11 is 1.67. The second-order valence-corrected chi connectivity index (χ2v) is 6.25. The molecule has 6 heteroatoms. The molecule has 3 aromatic heterocycles. The van der Waals surface area contributed by atoms with Gasteiger partial charge in [-0.1, -0.05) is 6.92 Å². The summed E-state index contributed by atoms with van der Waals surface area (Å²) in [6.45, 7) is 5.26. The van der Waals surface area contributed by atoms with Gasteiger partial charge in [0.25, 0.3) is 0 Å². The third-order valence-electron chi connectivity index (χ3n) is 3.62. The van der Waals surface area contributed by atoms with Gasteiger partial charge in [0.05, 0.1) is 11.4 Å². The summed E-state index contributed by atoms with van der Waals surface area (Å²) in [6.07, 6.45) is 8.30. The van der Waals surface area contributed by atoms with Crippen molar-refractivity contribution in [3.05, 3.63) is 40.9 Å². The van der Waals surface area contributed by atoms with E-state index in [1.165, 1.54) is 5.56 Å². The number of imidazole rings is 1. The molecule has 0 spiro atoms. The molecule has 0 aliphatic carbocycles. The highest BCUT2D eigenvalue weighted by Crippen LogP contribution is 2.22. The fourth-order valence-corrected chi connectivity index (χ4v) is 3.37. The van der Waals surface area contributed by atoms with Crippen LogP contribution in [-0.4, -0.2) is 25.7 Å². The SMILES string of the molecule is CCCNC(Cc1cn2ccsc2n1)c1cn(C)nc1C. The number of fused-ring (bicyclic) bond motifs is 1. The Labute approximate surface area is 128 Å². The summed E-state index contributed by atoms with van der Waals surface area (Å²) < 4.78 is 3.98. The lowest BCUT2D eigenvalue weighted by Crippen LogP contribution is -2.24. The molecule has 0 bridgehead atoms. The third kappa shape index (κ3) is 3.01. The molecule has 0 aliphatic rings. The molecule has 0 fully saturated rings. The van der Waals surface area contributed by atoms with Gasteiger partial charge in [-0.2, -0.15) is 5.10 Å². The third-order valence-corrected chi connectivity index (χ3v) is 4.39. The fraction of sp³-hybridized carbons (Fsp3) is 0.467. The first-order valence-corrected chi connectivity index (χ1v) is 8.20. The first kappa shape index (κ1) is 14.3. The molecular formula is C15H21N5S. The number of nitrogens with zero attached hydrogens (tertiary/aromatic N) is 4. The normalized spacial score (nSPS) is 13.1. The number of nitrogens with one attached hydrogen (secondary N) is 1. The standard InChI is InChI=1S/C15H21N5S/c1-4-5-16-14(13-10-19(3)18-11(13)2)8-12-9-20-6-7-21-15(20)17-12/h6-7,9-10,14,16H,4-5,8H2,1-3H3. The highest BCUT2D eigenvalue weighted by molar-refractivity contribution is 7.15. The van der Waals surface area contributed by atoms with Crippen molar-refractivity contribution in [1.82, 2.24) is 24.5 Å². The molecule has 5 nitrogen and oxygen atoms in total. The van der Waals surface area contributed by atoms with Gasteiger partial charge >= 0.3 is 0 Å². The van der Waals surface area contributed by atoms with Crippen LogP contribution in [0.1, 0.15) is 36.3 Å². The van der Waals surface area contributed by atoms with Crippen molar-refractivity contribution in [3.8, 4) is 0 Å². The van der Waals surface area contributed by atoms with Gasteiger partial charge in [0.2, 0.25) is 0 Å². The molecule has 3 aromatic rings. The Morgan fingerprint density at radius 2 is 2.24 bits per heavy atom. The second kappa shape index (κ2) is 5.99. The average molecular weight is 303 g/mol. The molecule has 1 N–H and O–H groups in total. The second-order valence-electron chi connectivity index (χ2n) is 5.38. The number of hydrogen-bond donors (Lipinski definition) is 1. The van der Waals surface area contributed by atoms with Crippen LogP contribution in [0.4, 0.5) is 0 Å². The van der Waals surface area contributed by atoms with E-state index >= 15 is 0 Å². The predicted molar refractivity (Wildman–Crippen MR) is 85.8 cm³/mol. The van der Waals surface area contributed by atoms with E-state index in [1.54, 1.807) is 11.3 Å². The molecule has 0 saturated heterocycles. The lowest BCUT2D eigenvalue weighted by molar-refractivity contribution is 0.523. The summed E-state index contributed by atoms with van der Waals surface area (Å²) in [5.41, 5.74) is 3.48. The zero-order valence-electron chi connectivity index (χ0n) is 12.7. The van der Waals surface area contributed by atoms with Crippen LogP contribution in [0, 0.1) is 6.92 Å². The Hall–Kier alpha value is -1.66. The molecule has 0 saturated carbocycles. The zero-order valence-corrected chi connectivity index (χ0v) is 13.5. The maximum Gasteiger partial charge on any atom is 0.193 e. The van der Waals surface area contributed by atoms with E-state index in [0.717, 1.165) is 35.7 Å². The van der Waals surface area contributed by atoms with Crippen LogP contribution in [0.2, 0.25) is 0 Å². The maximum atomic E-state index is 4.70. The topological polar surface area (TPSA) is 47.1 Å². The van der Waals surface area contributed by atoms with Gasteiger partial charge in [-0.05, 0) is 19.9 Å². The largest absolute Gasteiger partial charge is 0.309 e. The van der Waals surface area contributed by atoms with Crippen LogP contribution in [0.25, 0.3) is 4.96 Å². The van der Waals surface area contributed by atoms with E-state index in [1.807, 2.05) is 11.7 Å². The minimum atomic E-state index is 0.267. The van der Waals surface area contributed by atoms with Crippen LogP contribution < -0.4 is 5.32 Å². The van der Waals surface area contributed by atoms with Gasteiger partial charge in [0.1, 0.15) is 0 Å². The summed E-state index contributed by atoms with van der Waals surface area (Å²) in [7, 11) is 1.97. The van der Waals surface area contributed by atoms with E-state index in [9.17, 15) is 0 Å². The first-order valence-electron chi connectivity index (χ1n) is 7.32. The van der Waals surface area contributed by atoms with Crippen LogP contribution in [0.5, 0.6) is 0 Å². The van der Waals surface area contributed by atoms with Crippen molar-refractivity contribution < 1.29 is 0 Å². The lowest BCUT2D eigenvalue weighted by atomic mass is 10.0. The quantitative estimate of drug-likeness (QED) is 0.761. The maximum absolute atomic E-state index is 4.70. The van der Waals surface area contributed by atoms with Crippen LogP contribution >= 0.6 is 11.3 Å². The molecule has 1 atom stereocenters. The average Bonchev–Trinajstić information content (AvgIpc) is 3.09. The van der Waals surface area contributed by atoms with Crippen molar-refractivity contribution in [3.63, 3.8) is 0 Å². The van der Waals surface area contributed by atoms with Gasteiger partial charge in [0, 0.05) is 49.0 Å². The Kier molecular flexibility index (Phi) is 4.07. The Balaban J connectivity index is 1.84. The Bertz CT molecular complexity index is 695. The lowest BCUT2D eigenvalue weighted by Gasteiger charge is -2.17. The van der Waals surface area contributed by atoms with E-state index < -0.39 is 0 Å². The predicted octanol–water partition coefficient (Wildman–Crippen LogP) is 2.72. The summed E-state index contributed by atoms with van der Waals surface area (Å²) in [4.78, 5) is 5.75. The highest BCUT2D eigenvalue weighted by atomic mass is 32.1. The Morgan fingerprint density at radius 1 is 1.38 bits per heavy atom. The van der Waals surface area contributed by atoms with Crippen molar-refractivity contribution in [2.24, 2.45) is 7.05 Å². The summed E-state index contributed by atoms with van der Waals surface area (Å²) in [6, 6.07) is 0.267. The van der Waals surface area contributed by atoms with Crippen molar-refractivity contribution >= 4 is 16.3 Å². The van der Waals surface area contributed by atoms with Crippen molar-refractivity contribution in [1.29, 1.82) is 0 Å². The van der Waals surface area contributed by atoms with Crippen molar-refractivity contribution in [2.45, 2.75) is 32.7 Å². The Morgan fingerprint density at radius 3 is 2.90 bits per heavy atom. The van der Waals surface area contributed by atoms with Crippen molar-refractivity contribution in [2.75, 3.05) is 6.54 Å².